The fourth-order valence-electron chi connectivity index (χ4n) is 2.33. The molecule has 0 fully saturated rings. The van der Waals surface area contributed by atoms with Crippen molar-refractivity contribution in [3.8, 4) is 0 Å². The standard InChI is InChI=1S/C17H31NO9S/c1-5-7-14(20)26-10-8-13(17(3,4)15(21)16(22)23)27-28(24,25)11-6-9-18-12(2)19/h13,15,21H,5-11H2,1-4H3,(H,18,19)(H,22,23)/t13?,15-/m0/s1. The minimum absolute atomic E-state index is 0.0992. The summed E-state index contributed by atoms with van der Waals surface area (Å²) in [6.07, 6.45) is -2.35. The van der Waals surface area contributed by atoms with Gasteiger partial charge in [0.25, 0.3) is 10.1 Å². The number of ether oxygens (including phenoxy) is 1. The fraction of sp³-hybridized carbons (Fsp3) is 0.824. The van der Waals surface area contributed by atoms with Gasteiger partial charge >= 0.3 is 11.9 Å². The number of nitrogens with one attached hydrogen (secondary N) is 1. The Labute approximate surface area is 165 Å². The molecule has 0 spiro atoms. The maximum atomic E-state index is 12.3. The van der Waals surface area contributed by atoms with Gasteiger partial charge in [-0.25, -0.2) is 4.79 Å². The highest BCUT2D eigenvalue weighted by atomic mass is 32.2. The van der Waals surface area contributed by atoms with E-state index in [-0.39, 0.29) is 38.3 Å². The van der Waals surface area contributed by atoms with Gasteiger partial charge in [0.2, 0.25) is 5.91 Å². The molecule has 1 unspecified atom stereocenters. The van der Waals surface area contributed by atoms with E-state index < -0.39 is 45.4 Å². The highest BCUT2D eigenvalue weighted by Gasteiger charge is 2.43. The SMILES string of the molecule is CCCC(=O)OCCC(OS(=O)(=O)CCCNC(C)=O)C(C)(C)[C@@H](O)C(=O)O. The molecule has 3 N–H and O–H groups in total. The molecule has 0 rings (SSSR count). The van der Waals surface area contributed by atoms with Gasteiger partial charge in [0, 0.05) is 31.7 Å². The first kappa shape index (κ1) is 26.3. The molecule has 28 heavy (non-hydrogen) atoms. The van der Waals surface area contributed by atoms with Gasteiger partial charge in [-0.15, -0.1) is 0 Å². The van der Waals surface area contributed by atoms with E-state index >= 15 is 0 Å². The van der Waals surface area contributed by atoms with Crippen molar-refractivity contribution >= 4 is 28.0 Å². The molecule has 0 radical (unpaired) electrons. The lowest BCUT2D eigenvalue weighted by atomic mass is 9.79. The zero-order valence-electron chi connectivity index (χ0n) is 16.8. The second kappa shape index (κ2) is 12.0. The van der Waals surface area contributed by atoms with Crippen LogP contribution in [0.1, 0.15) is 53.4 Å². The molecule has 0 saturated heterocycles. The van der Waals surface area contributed by atoms with E-state index in [0.717, 1.165) is 0 Å². The lowest BCUT2D eigenvalue weighted by Gasteiger charge is -2.35. The van der Waals surface area contributed by atoms with Crippen LogP contribution >= 0.6 is 0 Å². The first-order valence-corrected chi connectivity index (χ1v) is 10.6. The molecule has 0 aromatic carbocycles. The van der Waals surface area contributed by atoms with E-state index in [9.17, 15) is 27.9 Å². The Bertz CT molecular complexity index is 631. The van der Waals surface area contributed by atoms with Gasteiger partial charge in [-0.3, -0.25) is 13.8 Å². The van der Waals surface area contributed by atoms with Crippen molar-refractivity contribution in [1.29, 1.82) is 0 Å². The zero-order valence-corrected chi connectivity index (χ0v) is 17.6. The number of carbonyl (C=O) groups is 3. The van der Waals surface area contributed by atoms with Crippen molar-refractivity contribution < 1.29 is 41.9 Å². The average Bonchev–Trinajstić information content (AvgIpc) is 2.57. The van der Waals surface area contributed by atoms with Gasteiger partial charge in [-0.05, 0) is 12.8 Å². The van der Waals surface area contributed by atoms with Gasteiger partial charge in [-0.2, -0.15) is 8.42 Å². The number of esters is 1. The van der Waals surface area contributed by atoms with Gasteiger partial charge < -0.3 is 20.3 Å². The number of rotatable bonds is 14. The summed E-state index contributed by atoms with van der Waals surface area (Å²) in [5, 5.41) is 21.5. The van der Waals surface area contributed by atoms with E-state index in [0.29, 0.717) is 6.42 Å². The van der Waals surface area contributed by atoms with E-state index in [4.69, 9.17) is 14.0 Å². The molecule has 0 aliphatic heterocycles. The van der Waals surface area contributed by atoms with Crippen molar-refractivity contribution in [1.82, 2.24) is 5.32 Å². The molecule has 0 bridgehead atoms. The Balaban J connectivity index is 5.13. The van der Waals surface area contributed by atoms with Crippen LogP contribution in [0.25, 0.3) is 0 Å². The number of carboxylic acids is 1. The fourth-order valence-corrected chi connectivity index (χ4v) is 3.63. The molecule has 0 aromatic heterocycles. The highest BCUT2D eigenvalue weighted by Crippen LogP contribution is 2.32. The summed E-state index contributed by atoms with van der Waals surface area (Å²) in [5.41, 5.74) is -1.48. The van der Waals surface area contributed by atoms with Crippen LogP contribution in [0.4, 0.5) is 0 Å². The zero-order chi connectivity index (χ0) is 22.0. The summed E-state index contributed by atoms with van der Waals surface area (Å²) in [7, 11) is -4.08. The number of aliphatic carboxylic acids is 1. The van der Waals surface area contributed by atoms with Crippen LogP contribution in [-0.2, 0) is 33.4 Å². The molecule has 10 nitrogen and oxygen atoms in total. The maximum absolute atomic E-state index is 12.3. The smallest absolute Gasteiger partial charge is 0.333 e. The predicted octanol–water partition coefficient (Wildman–Crippen LogP) is 0.433. The number of hydrogen-bond donors (Lipinski definition) is 3. The second-order valence-electron chi connectivity index (χ2n) is 7.00. The van der Waals surface area contributed by atoms with Gasteiger partial charge in [0.05, 0.1) is 18.5 Å². The summed E-state index contributed by atoms with van der Waals surface area (Å²) in [5.74, 6) is -2.69. The third kappa shape index (κ3) is 10.00. The summed E-state index contributed by atoms with van der Waals surface area (Å²) in [6, 6.07) is 0. The molecule has 2 atom stereocenters. The van der Waals surface area contributed by atoms with Gasteiger partial charge in [-0.1, -0.05) is 20.8 Å². The molecule has 0 aliphatic carbocycles. The molecule has 1 amide bonds. The minimum atomic E-state index is -4.08. The van der Waals surface area contributed by atoms with Crippen LogP contribution < -0.4 is 5.32 Å². The Hall–Kier alpha value is -1.72. The van der Waals surface area contributed by atoms with Crippen LogP contribution in [0.15, 0.2) is 0 Å². The minimum Gasteiger partial charge on any atom is -0.479 e. The van der Waals surface area contributed by atoms with Crippen LogP contribution in [-0.4, -0.2) is 67.6 Å². The van der Waals surface area contributed by atoms with E-state index in [1.54, 1.807) is 6.92 Å². The highest BCUT2D eigenvalue weighted by molar-refractivity contribution is 7.86. The second-order valence-corrected chi connectivity index (χ2v) is 8.72. The quantitative estimate of drug-likeness (QED) is 0.204. The number of aliphatic hydroxyl groups excluding tert-OH is 1. The lowest BCUT2D eigenvalue weighted by molar-refractivity contribution is -0.159. The Morgan fingerprint density at radius 2 is 1.82 bits per heavy atom. The number of carbonyl (C=O) groups excluding carboxylic acids is 2. The third-order valence-electron chi connectivity index (χ3n) is 4.07. The Morgan fingerprint density at radius 3 is 2.32 bits per heavy atom. The lowest BCUT2D eigenvalue weighted by Crippen LogP contribution is -2.47. The molecule has 0 aromatic rings. The monoisotopic (exact) mass is 425 g/mol. The number of carboxylic acid groups (broad SMARTS) is 1. The molecule has 11 heteroatoms. The number of hydrogen-bond acceptors (Lipinski definition) is 8. The van der Waals surface area contributed by atoms with E-state index in [1.807, 2.05) is 0 Å². The van der Waals surface area contributed by atoms with Crippen molar-refractivity contribution in [2.24, 2.45) is 5.41 Å². The average molecular weight is 426 g/mol. The first-order valence-electron chi connectivity index (χ1n) is 9.05. The van der Waals surface area contributed by atoms with Crippen LogP contribution in [0, 0.1) is 5.41 Å². The van der Waals surface area contributed by atoms with Crippen molar-refractivity contribution in [2.75, 3.05) is 18.9 Å². The van der Waals surface area contributed by atoms with Crippen molar-refractivity contribution in [3.63, 3.8) is 0 Å². The molecule has 164 valence electrons. The van der Waals surface area contributed by atoms with Crippen molar-refractivity contribution in [3.05, 3.63) is 0 Å². The largest absolute Gasteiger partial charge is 0.479 e. The summed E-state index contributed by atoms with van der Waals surface area (Å²) >= 11 is 0. The van der Waals surface area contributed by atoms with Crippen LogP contribution in [0.2, 0.25) is 0 Å². The number of aliphatic hydroxyl groups is 1. The normalized spacial score (nSPS) is 14.2. The topological polar surface area (TPSA) is 156 Å². The van der Waals surface area contributed by atoms with Gasteiger partial charge in [0.15, 0.2) is 6.10 Å². The summed E-state index contributed by atoms with van der Waals surface area (Å²) in [4.78, 5) is 33.5. The van der Waals surface area contributed by atoms with Crippen LogP contribution in [0.3, 0.4) is 0 Å². The molecular formula is C17H31NO9S. The summed E-state index contributed by atoms with van der Waals surface area (Å²) in [6.45, 7) is 5.77. The molecule has 0 saturated carbocycles. The van der Waals surface area contributed by atoms with Gasteiger partial charge in [0.1, 0.15) is 0 Å². The number of amides is 1. The predicted molar refractivity (Wildman–Crippen MR) is 99.9 cm³/mol. The summed E-state index contributed by atoms with van der Waals surface area (Å²) < 4.78 is 34.7. The molecular weight excluding hydrogens is 394 g/mol. The molecule has 0 aliphatic rings. The first-order chi connectivity index (χ1) is 12.8. The van der Waals surface area contributed by atoms with E-state index in [2.05, 4.69) is 5.32 Å². The Kier molecular flexibility index (Phi) is 11.2. The molecule has 0 heterocycles. The van der Waals surface area contributed by atoms with Crippen molar-refractivity contribution in [2.45, 2.75) is 65.6 Å². The third-order valence-corrected chi connectivity index (χ3v) is 5.39. The Morgan fingerprint density at radius 1 is 1.21 bits per heavy atom. The maximum Gasteiger partial charge on any atom is 0.333 e. The van der Waals surface area contributed by atoms with Crippen LogP contribution in [0.5, 0.6) is 0 Å². The van der Waals surface area contributed by atoms with E-state index in [1.165, 1.54) is 20.8 Å².